The molecular formula is C23H29FN2O5S. The summed E-state index contributed by atoms with van der Waals surface area (Å²) in [7, 11) is -2.24. The van der Waals surface area contributed by atoms with E-state index in [-0.39, 0.29) is 17.0 Å². The van der Waals surface area contributed by atoms with Crippen LogP contribution in [0.2, 0.25) is 0 Å². The van der Waals surface area contributed by atoms with Gasteiger partial charge in [-0.3, -0.25) is 4.79 Å². The molecule has 1 atom stereocenters. The first kappa shape index (κ1) is 25.5. The zero-order chi connectivity index (χ0) is 24.1. The van der Waals surface area contributed by atoms with E-state index in [1.807, 2.05) is 0 Å². The lowest BCUT2D eigenvalue weighted by Gasteiger charge is -2.22. The van der Waals surface area contributed by atoms with Crippen molar-refractivity contribution in [3.05, 3.63) is 65.0 Å². The number of nitrogens with zero attached hydrogens (tertiary/aromatic N) is 2. The highest BCUT2D eigenvalue weighted by atomic mass is 32.2. The number of esters is 1. The van der Waals surface area contributed by atoms with E-state index >= 15 is 0 Å². The molecule has 174 valence electrons. The van der Waals surface area contributed by atoms with E-state index < -0.39 is 33.8 Å². The maximum absolute atomic E-state index is 13.4. The molecule has 0 spiro atoms. The summed E-state index contributed by atoms with van der Waals surface area (Å²) in [6.07, 6.45) is -1.11. The number of aryl methyl sites for hydroxylation is 1. The highest BCUT2D eigenvalue weighted by Gasteiger charge is 2.27. The molecule has 32 heavy (non-hydrogen) atoms. The summed E-state index contributed by atoms with van der Waals surface area (Å²) in [5, 5.41) is 0. The first-order chi connectivity index (χ1) is 15.0. The normalized spacial score (nSPS) is 12.5. The highest BCUT2D eigenvalue weighted by Crippen LogP contribution is 2.22. The molecule has 0 radical (unpaired) electrons. The molecule has 0 aliphatic heterocycles. The SMILES string of the molecule is CCN(CC)S(=O)(=O)c1cc(C(=O)OC(C)C(=O)N(C)Cc2cccc(F)c2)ccc1C. The Labute approximate surface area is 188 Å². The second-order valence-corrected chi connectivity index (χ2v) is 9.35. The second-order valence-electron chi connectivity index (χ2n) is 7.44. The molecule has 2 aromatic rings. The summed E-state index contributed by atoms with van der Waals surface area (Å²) in [5.74, 6) is -1.68. The Morgan fingerprint density at radius 2 is 1.75 bits per heavy atom. The van der Waals surface area contributed by atoms with E-state index in [0.717, 1.165) is 0 Å². The molecular weight excluding hydrogens is 435 g/mol. The van der Waals surface area contributed by atoms with Gasteiger partial charge in [-0.05, 0) is 49.2 Å². The van der Waals surface area contributed by atoms with Crippen molar-refractivity contribution in [3.63, 3.8) is 0 Å². The maximum Gasteiger partial charge on any atom is 0.338 e. The fourth-order valence-electron chi connectivity index (χ4n) is 3.28. The first-order valence-electron chi connectivity index (χ1n) is 10.3. The number of halogens is 1. The molecule has 0 aliphatic rings. The van der Waals surface area contributed by atoms with Crippen molar-refractivity contribution >= 4 is 21.9 Å². The Bertz CT molecular complexity index is 1080. The Kier molecular flexibility index (Phi) is 8.51. The zero-order valence-electron chi connectivity index (χ0n) is 19.0. The molecule has 0 fully saturated rings. The number of rotatable bonds is 9. The number of likely N-dealkylation sites (N-methyl/N-ethyl adjacent to an activating group) is 1. The molecule has 1 unspecified atom stereocenters. The van der Waals surface area contributed by atoms with Gasteiger partial charge < -0.3 is 9.64 Å². The van der Waals surface area contributed by atoms with Crippen LogP contribution < -0.4 is 0 Å². The van der Waals surface area contributed by atoms with Crippen LogP contribution in [-0.2, 0) is 26.1 Å². The quantitative estimate of drug-likeness (QED) is 0.532. The maximum atomic E-state index is 13.4. The topological polar surface area (TPSA) is 84.0 Å². The van der Waals surface area contributed by atoms with Gasteiger partial charge in [-0.15, -0.1) is 0 Å². The second kappa shape index (κ2) is 10.7. The van der Waals surface area contributed by atoms with Crippen LogP contribution in [0.5, 0.6) is 0 Å². The largest absolute Gasteiger partial charge is 0.449 e. The highest BCUT2D eigenvalue weighted by molar-refractivity contribution is 7.89. The van der Waals surface area contributed by atoms with Crippen LogP contribution in [0.3, 0.4) is 0 Å². The van der Waals surface area contributed by atoms with Gasteiger partial charge in [0.1, 0.15) is 5.82 Å². The van der Waals surface area contributed by atoms with Gasteiger partial charge in [0.25, 0.3) is 5.91 Å². The number of benzene rings is 2. The molecule has 0 aromatic heterocycles. The summed E-state index contributed by atoms with van der Waals surface area (Å²) < 4.78 is 45.7. The zero-order valence-corrected chi connectivity index (χ0v) is 19.8. The van der Waals surface area contributed by atoms with Gasteiger partial charge in [-0.1, -0.05) is 32.0 Å². The predicted molar refractivity (Wildman–Crippen MR) is 119 cm³/mol. The summed E-state index contributed by atoms with van der Waals surface area (Å²) in [4.78, 5) is 26.6. The lowest BCUT2D eigenvalue weighted by Crippen LogP contribution is -2.37. The third kappa shape index (κ3) is 5.92. The van der Waals surface area contributed by atoms with Crippen molar-refractivity contribution in [2.75, 3.05) is 20.1 Å². The molecule has 0 saturated heterocycles. The molecule has 2 rings (SSSR count). The average molecular weight is 465 g/mol. The van der Waals surface area contributed by atoms with E-state index in [1.54, 1.807) is 32.9 Å². The van der Waals surface area contributed by atoms with Crippen LogP contribution >= 0.6 is 0 Å². The number of sulfonamides is 1. The molecule has 0 bridgehead atoms. The monoisotopic (exact) mass is 464 g/mol. The molecule has 1 amide bonds. The summed E-state index contributed by atoms with van der Waals surface area (Å²) in [6, 6.07) is 10.2. The number of hydrogen-bond donors (Lipinski definition) is 0. The molecule has 0 heterocycles. The number of ether oxygens (including phenoxy) is 1. The number of carbonyl (C=O) groups excluding carboxylic acids is 2. The molecule has 0 saturated carbocycles. The van der Waals surface area contributed by atoms with E-state index in [0.29, 0.717) is 24.2 Å². The summed E-state index contributed by atoms with van der Waals surface area (Å²) >= 11 is 0. The van der Waals surface area contributed by atoms with Gasteiger partial charge in [0.05, 0.1) is 10.5 Å². The van der Waals surface area contributed by atoms with E-state index in [1.165, 1.54) is 53.5 Å². The van der Waals surface area contributed by atoms with Crippen LogP contribution in [0.15, 0.2) is 47.4 Å². The minimum Gasteiger partial charge on any atom is -0.449 e. The van der Waals surface area contributed by atoms with Gasteiger partial charge in [0.2, 0.25) is 10.0 Å². The lowest BCUT2D eigenvalue weighted by molar-refractivity contribution is -0.139. The number of amides is 1. The van der Waals surface area contributed by atoms with Crippen LogP contribution in [0.25, 0.3) is 0 Å². The van der Waals surface area contributed by atoms with Gasteiger partial charge in [0, 0.05) is 26.7 Å². The van der Waals surface area contributed by atoms with Gasteiger partial charge in [-0.2, -0.15) is 4.31 Å². The summed E-state index contributed by atoms with van der Waals surface area (Å²) in [6.45, 7) is 7.31. The number of hydrogen-bond acceptors (Lipinski definition) is 5. The molecule has 9 heteroatoms. The summed E-state index contributed by atoms with van der Waals surface area (Å²) in [5.41, 5.74) is 1.14. The van der Waals surface area contributed by atoms with Crippen LogP contribution in [0, 0.1) is 12.7 Å². The minimum absolute atomic E-state index is 0.0258. The Balaban J connectivity index is 2.15. The third-order valence-electron chi connectivity index (χ3n) is 5.06. The van der Waals surface area contributed by atoms with Crippen molar-refractivity contribution in [1.82, 2.24) is 9.21 Å². The minimum atomic E-state index is -3.76. The van der Waals surface area contributed by atoms with E-state index in [4.69, 9.17) is 4.74 Å². The van der Waals surface area contributed by atoms with E-state index in [9.17, 15) is 22.4 Å². The van der Waals surface area contributed by atoms with Crippen molar-refractivity contribution < 1.29 is 27.1 Å². The standard InChI is InChI=1S/C23H29FN2O5S/c1-6-26(7-2)32(29,30)21-14-19(12-11-16(21)3)23(28)31-17(4)22(27)25(5)15-18-9-8-10-20(24)13-18/h8-14,17H,6-7,15H2,1-5H3. The lowest BCUT2D eigenvalue weighted by atomic mass is 10.1. The van der Waals surface area contributed by atoms with Crippen molar-refractivity contribution in [3.8, 4) is 0 Å². The third-order valence-corrected chi connectivity index (χ3v) is 7.26. The molecule has 0 N–H and O–H groups in total. The average Bonchev–Trinajstić information content (AvgIpc) is 2.73. The Morgan fingerprint density at radius 3 is 2.34 bits per heavy atom. The van der Waals surface area contributed by atoms with Gasteiger partial charge >= 0.3 is 5.97 Å². The van der Waals surface area contributed by atoms with Crippen LogP contribution in [0.1, 0.15) is 42.3 Å². The van der Waals surface area contributed by atoms with Crippen LogP contribution in [0.4, 0.5) is 4.39 Å². The first-order valence-corrected chi connectivity index (χ1v) is 11.8. The van der Waals surface area contributed by atoms with E-state index in [2.05, 4.69) is 0 Å². The molecule has 7 nitrogen and oxygen atoms in total. The number of carbonyl (C=O) groups is 2. The fraction of sp³-hybridized carbons (Fsp3) is 0.391. The van der Waals surface area contributed by atoms with Crippen molar-refractivity contribution in [2.45, 2.75) is 45.2 Å². The van der Waals surface area contributed by atoms with Crippen LogP contribution in [-0.4, -0.2) is 55.7 Å². The smallest absolute Gasteiger partial charge is 0.338 e. The predicted octanol–water partition coefficient (Wildman–Crippen LogP) is 3.37. The van der Waals surface area contributed by atoms with Crippen molar-refractivity contribution in [1.29, 1.82) is 0 Å². The fourth-order valence-corrected chi connectivity index (χ4v) is 4.99. The van der Waals surface area contributed by atoms with Gasteiger partial charge in [0.15, 0.2) is 6.10 Å². The Hall–Kier alpha value is -2.78. The van der Waals surface area contributed by atoms with Crippen molar-refractivity contribution in [2.24, 2.45) is 0 Å². The Morgan fingerprint density at radius 1 is 1.09 bits per heavy atom. The van der Waals surface area contributed by atoms with Gasteiger partial charge in [-0.25, -0.2) is 17.6 Å². The molecule has 0 aliphatic carbocycles. The molecule has 2 aromatic carbocycles.